The van der Waals surface area contributed by atoms with Crippen LogP contribution in [0.1, 0.15) is 43.2 Å². The first-order valence-electron chi connectivity index (χ1n) is 8.41. The minimum Gasteiger partial charge on any atom is -0.338 e. The van der Waals surface area contributed by atoms with Crippen LogP contribution >= 0.6 is 0 Å². The van der Waals surface area contributed by atoms with Crippen molar-refractivity contribution in [1.29, 1.82) is 0 Å². The molecule has 0 saturated heterocycles. The fraction of sp³-hybridized carbons (Fsp3) is 0.389. The number of likely N-dealkylation sites (N-methyl/N-ethyl adjacent to an activating group) is 1. The van der Waals surface area contributed by atoms with Crippen LogP contribution in [0.15, 0.2) is 30.9 Å². The van der Waals surface area contributed by atoms with E-state index in [4.69, 9.17) is 4.98 Å². The third-order valence-corrected chi connectivity index (χ3v) is 5.17. The topological polar surface area (TPSA) is 55.4 Å². The summed E-state index contributed by atoms with van der Waals surface area (Å²) in [6.45, 7) is 2.60. The molecule has 24 heavy (non-hydrogen) atoms. The average molecular weight is 321 g/mol. The number of amides is 1. The SMILES string of the molecule is CC1C(=O)N(C)Cc2c(-c3ccc4cncn4c3)nc(C3CC3)n21. The summed E-state index contributed by atoms with van der Waals surface area (Å²) >= 11 is 0. The highest BCUT2D eigenvalue weighted by Crippen LogP contribution is 2.44. The van der Waals surface area contributed by atoms with Gasteiger partial charge < -0.3 is 13.9 Å². The van der Waals surface area contributed by atoms with Crippen LogP contribution in [0.2, 0.25) is 0 Å². The van der Waals surface area contributed by atoms with Crippen LogP contribution in [0.4, 0.5) is 0 Å². The average Bonchev–Trinajstić information content (AvgIpc) is 3.19. The van der Waals surface area contributed by atoms with Gasteiger partial charge in [-0.15, -0.1) is 0 Å². The maximum atomic E-state index is 12.4. The second-order valence-corrected chi connectivity index (χ2v) is 6.92. The van der Waals surface area contributed by atoms with Crippen molar-refractivity contribution in [2.75, 3.05) is 7.05 Å². The van der Waals surface area contributed by atoms with Crippen LogP contribution in [-0.2, 0) is 11.3 Å². The number of fused-ring (bicyclic) bond motifs is 2. The Bertz CT molecular complexity index is 965. The molecule has 0 bridgehead atoms. The molecule has 1 atom stereocenters. The van der Waals surface area contributed by atoms with Crippen LogP contribution in [-0.4, -0.2) is 36.8 Å². The van der Waals surface area contributed by atoms with E-state index in [1.807, 2.05) is 24.6 Å². The number of aromatic nitrogens is 4. The van der Waals surface area contributed by atoms with Gasteiger partial charge >= 0.3 is 0 Å². The van der Waals surface area contributed by atoms with Gasteiger partial charge in [0.2, 0.25) is 5.91 Å². The number of nitrogens with zero attached hydrogens (tertiary/aromatic N) is 5. The Morgan fingerprint density at radius 1 is 1.25 bits per heavy atom. The smallest absolute Gasteiger partial charge is 0.245 e. The largest absolute Gasteiger partial charge is 0.338 e. The molecule has 4 heterocycles. The van der Waals surface area contributed by atoms with Crippen molar-refractivity contribution < 1.29 is 4.79 Å². The molecule has 1 saturated carbocycles. The molecule has 0 aromatic carbocycles. The van der Waals surface area contributed by atoms with E-state index in [1.54, 1.807) is 11.2 Å². The number of carbonyl (C=O) groups is 1. The Morgan fingerprint density at radius 3 is 2.88 bits per heavy atom. The zero-order chi connectivity index (χ0) is 16.4. The van der Waals surface area contributed by atoms with Crippen molar-refractivity contribution in [1.82, 2.24) is 23.8 Å². The summed E-state index contributed by atoms with van der Waals surface area (Å²) in [5.74, 6) is 1.76. The van der Waals surface area contributed by atoms with Crippen LogP contribution in [0.5, 0.6) is 0 Å². The molecule has 1 amide bonds. The molecule has 1 unspecified atom stereocenters. The Morgan fingerprint density at radius 2 is 2.08 bits per heavy atom. The van der Waals surface area contributed by atoms with Crippen LogP contribution in [0.25, 0.3) is 16.8 Å². The summed E-state index contributed by atoms with van der Waals surface area (Å²) in [4.78, 5) is 23.4. The molecule has 0 spiro atoms. The van der Waals surface area contributed by atoms with E-state index < -0.39 is 0 Å². The second kappa shape index (κ2) is 4.69. The molecule has 1 aliphatic heterocycles. The lowest BCUT2D eigenvalue weighted by molar-refractivity contribution is -0.135. The van der Waals surface area contributed by atoms with E-state index >= 15 is 0 Å². The maximum absolute atomic E-state index is 12.4. The van der Waals surface area contributed by atoms with E-state index in [1.165, 1.54) is 12.8 Å². The number of imidazole rings is 2. The van der Waals surface area contributed by atoms with Crippen molar-refractivity contribution >= 4 is 11.4 Å². The first-order valence-corrected chi connectivity index (χ1v) is 8.41. The lowest BCUT2D eigenvalue weighted by Crippen LogP contribution is -2.39. The van der Waals surface area contributed by atoms with Crippen molar-refractivity contribution in [3.8, 4) is 11.3 Å². The highest BCUT2D eigenvalue weighted by molar-refractivity contribution is 5.82. The molecule has 3 aromatic heterocycles. The van der Waals surface area contributed by atoms with Gasteiger partial charge in [-0.3, -0.25) is 4.79 Å². The number of rotatable bonds is 2. The molecular weight excluding hydrogens is 302 g/mol. The zero-order valence-corrected chi connectivity index (χ0v) is 13.8. The summed E-state index contributed by atoms with van der Waals surface area (Å²) in [7, 11) is 1.87. The molecule has 0 N–H and O–H groups in total. The molecule has 2 aliphatic rings. The van der Waals surface area contributed by atoms with E-state index in [2.05, 4.69) is 27.9 Å². The highest BCUT2D eigenvalue weighted by atomic mass is 16.2. The molecule has 122 valence electrons. The third-order valence-electron chi connectivity index (χ3n) is 5.17. The van der Waals surface area contributed by atoms with E-state index in [-0.39, 0.29) is 11.9 Å². The Kier molecular flexibility index (Phi) is 2.69. The van der Waals surface area contributed by atoms with Crippen LogP contribution in [0.3, 0.4) is 0 Å². The van der Waals surface area contributed by atoms with Crippen molar-refractivity contribution in [3.63, 3.8) is 0 Å². The number of hydrogen-bond donors (Lipinski definition) is 0. The fourth-order valence-electron chi connectivity index (χ4n) is 3.72. The zero-order valence-electron chi connectivity index (χ0n) is 13.8. The first-order chi connectivity index (χ1) is 11.6. The minimum atomic E-state index is -0.174. The number of pyridine rings is 1. The van der Waals surface area contributed by atoms with Crippen LogP contribution < -0.4 is 0 Å². The second-order valence-electron chi connectivity index (χ2n) is 6.92. The lowest BCUT2D eigenvalue weighted by atomic mass is 10.1. The van der Waals surface area contributed by atoms with Gasteiger partial charge in [0.05, 0.1) is 36.0 Å². The Balaban J connectivity index is 1.73. The van der Waals surface area contributed by atoms with Gasteiger partial charge in [0, 0.05) is 24.7 Å². The van der Waals surface area contributed by atoms with Crippen molar-refractivity contribution in [2.24, 2.45) is 0 Å². The molecule has 3 aromatic rings. The molecular formula is C18H19N5O. The number of carbonyl (C=O) groups excluding carboxylic acids is 1. The predicted molar refractivity (Wildman–Crippen MR) is 89.6 cm³/mol. The lowest BCUT2D eigenvalue weighted by Gasteiger charge is -2.31. The summed E-state index contributed by atoms with van der Waals surface area (Å²) in [6.07, 6.45) is 8.07. The summed E-state index contributed by atoms with van der Waals surface area (Å²) in [5.41, 5.74) is 4.28. The molecule has 5 rings (SSSR count). The van der Waals surface area contributed by atoms with Crippen molar-refractivity contribution in [2.45, 2.75) is 38.3 Å². The molecule has 6 nitrogen and oxygen atoms in total. The van der Waals surface area contributed by atoms with Gasteiger partial charge in [-0.25, -0.2) is 9.97 Å². The van der Waals surface area contributed by atoms with E-state index in [9.17, 15) is 4.79 Å². The summed E-state index contributed by atoms with van der Waals surface area (Å²) in [6, 6.07) is 3.98. The summed E-state index contributed by atoms with van der Waals surface area (Å²) in [5, 5.41) is 0. The van der Waals surface area contributed by atoms with Gasteiger partial charge in [-0.1, -0.05) is 0 Å². The molecule has 1 fully saturated rings. The molecule has 1 aliphatic carbocycles. The minimum absolute atomic E-state index is 0.165. The van der Waals surface area contributed by atoms with E-state index in [0.717, 1.165) is 28.3 Å². The normalized spacial score (nSPS) is 20.7. The summed E-state index contributed by atoms with van der Waals surface area (Å²) < 4.78 is 4.20. The van der Waals surface area contributed by atoms with Gasteiger partial charge in [0.25, 0.3) is 0 Å². The third kappa shape index (κ3) is 1.85. The standard InChI is InChI=1S/C18H19N5O/c1-11-18(24)21(2)9-15-16(20-17(23(11)15)12-3-4-12)13-5-6-14-7-19-10-22(14)8-13/h5-8,10-12H,3-4,9H2,1-2H3. The quantitative estimate of drug-likeness (QED) is 0.729. The van der Waals surface area contributed by atoms with Gasteiger partial charge in [-0.2, -0.15) is 0 Å². The highest BCUT2D eigenvalue weighted by Gasteiger charge is 2.38. The van der Waals surface area contributed by atoms with Crippen LogP contribution in [0, 0.1) is 0 Å². The fourth-order valence-corrected chi connectivity index (χ4v) is 3.72. The van der Waals surface area contributed by atoms with Gasteiger partial charge in [-0.05, 0) is 31.9 Å². The Labute approximate surface area is 139 Å². The molecule has 0 radical (unpaired) electrons. The van der Waals surface area contributed by atoms with E-state index in [0.29, 0.717) is 12.5 Å². The molecule has 6 heteroatoms. The van der Waals surface area contributed by atoms with Crippen molar-refractivity contribution in [3.05, 3.63) is 42.4 Å². The van der Waals surface area contributed by atoms with Gasteiger partial charge in [0.15, 0.2) is 0 Å². The van der Waals surface area contributed by atoms with Gasteiger partial charge in [0.1, 0.15) is 11.9 Å². The number of hydrogen-bond acceptors (Lipinski definition) is 3. The predicted octanol–water partition coefficient (Wildman–Crippen LogP) is 2.61. The monoisotopic (exact) mass is 321 g/mol. The Hall–Kier alpha value is -2.63. The maximum Gasteiger partial charge on any atom is 0.245 e. The first kappa shape index (κ1) is 13.8.